The van der Waals surface area contributed by atoms with Gasteiger partial charge >= 0.3 is 0 Å². The molecule has 2 aromatic rings. The molecule has 22 heavy (non-hydrogen) atoms. The third-order valence-corrected chi connectivity index (χ3v) is 5.07. The van der Waals surface area contributed by atoms with Crippen molar-refractivity contribution in [3.63, 3.8) is 0 Å². The summed E-state index contributed by atoms with van der Waals surface area (Å²) in [6, 6.07) is 16.0. The Bertz CT molecular complexity index is 672. The summed E-state index contributed by atoms with van der Waals surface area (Å²) in [5, 5.41) is 9.52. The maximum Gasteiger partial charge on any atom is 0.115 e. The van der Waals surface area contributed by atoms with Gasteiger partial charge < -0.3 is 14.7 Å². The van der Waals surface area contributed by atoms with E-state index in [0.717, 1.165) is 31.5 Å². The molecule has 1 unspecified atom stereocenters. The van der Waals surface area contributed by atoms with Crippen LogP contribution in [0.4, 0.5) is 0 Å². The first-order valence-electron chi connectivity index (χ1n) is 7.93. The number of likely N-dealkylation sites (tertiary alicyclic amines) is 1. The highest BCUT2D eigenvalue weighted by molar-refractivity contribution is 5.44. The molecule has 3 heteroatoms. The first-order valence-corrected chi connectivity index (χ1v) is 7.93. The van der Waals surface area contributed by atoms with Crippen LogP contribution in [-0.4, -0.2) is 30.1 Å². The molecule has 0 saturated carbocycles. The molecule has 2 aliphatic heterocycles. The highest BCUT2D eigenvalue weighted by Crippen LogP contribution is 2.51. The highest BCUT2D eigenvalue weighted by atomic mass is 16.5. The predicted octanol–water partition coefficient (Wildman–Crippen LogP) is 3.43. The zero-order valence-corrected chi connectivity index (χ0v) is 12.8. The smallest absolute Gasteiger partial charge is 0.115 e. The van der Waals surface area contributed by atoms with Crippen molar-refractivity contribution in [1.29, 1.82) is 0 Å². The Morgan fingerprint density at radius 3 is 2.45 bits per heavy atom. The van der Waals surface area contributed by atoms with Crippen LogP contribution in [0.15, 0.2) is 48.5 Å². The lowest BCUT2D eigenvalue weighted by Crippen LogP contribution is -2.40. The second-order valence-corrected chi connectivity index (χ2v) is 6.47. The van der Waals surface area contributed by atoms with Gasteiger partial charge in [0, 0.05) is 13.1 Å². The molecule has 1 atom stereocenters. The van der Waals surface area contributed by atoms with Crippen LogP contribution in [0.3, 0.4) is 0 Å². The molecule has 3 nitrogen and oxygen atoms in total. The Kier molecular flexibility index (Phi) is 3.21. The van der Waals surface area contributed by atoms with E-state index >= 15 is 0 Å². The maximum atomic E-state index is 9.52. The van der Waals surface area contributed by atoms with Crippen molar-refractivity contribution < 1.29 is 9.84 Å². The molecule has 4 rings (SSSR count). The van der Waals surface area contributed by atoms with Crippen molar-refractivity contribution in [2.24, 2.45) is 0 Å². The van der Waals surface area contributed by atoms with E-state index in [-0.39, 0.29) is 11.7 Å². The van der Waals surface area contributed by atoms with E-state index in [1.54, 1.807) is 12.1 Å². The van der Waals surface area contributed by atoms with Crippen LogP contribution in [0.1, 0.15) is 35.6 Å². The van der Waals surface area contributed by atoms with E-state index in [1.165, 1.54) is 11.1 Å². The fourth-order valence-electron chi connectivity index (χ4n) is 3.76. The average Bonchev–Trinajstić information content (AvgIpc) is 2.87. The van der Waals surface area contributed by atoms with Gasteiger partial charge in [-0.2, -0.15) is 0 Å². The fraction of sp³-hybridized carbons (Fsp3) is 0.368. The number of ether oxygens (including phenoxy) is 1. The summed E-state index contributed by atoms with van der Waals surface area (Å²) in [6.07, 6.45) is 2.05. The largest absolute Gasteiger partial charge is 0.508 e. The Morgan fingerprint density at radius 2 is 1.73 bits per heavy atom. The summed E-state index contributed by atoms with van der Waals surface area (Å²) in [5.74, 6) is 0.295. The van der Waals surface area contributed by atoms with E-state index < -0.39 is 0 Å². The first kappa shape index (κ1) is 13.8. The summed E-state index contributed by atoms with van der Waals surface area (Å²) >= 11 is 0. The molecule has 0 amide bonds. The Morgan fingerprint density at radius 1 is 1.05 bits per heavy atom. The number of fused-ring (bicyclic) bond motifs is 2. The number of hydrogen-bond donors (Lipinski definition) is 1. The van der Waals surface area contributed by atoms with Gasteiger partial charge in [-0.25, -0.2) is 0 Å². The van der Waals surface area contributed by atoms with Crippen LogP contribution in [0.5, 0.6) is 5.75 Å². The SMILES string of the molecule is CN1CCC2(CC1)OC(c1ccc(O)cc1)c1ccccc12. The summed E-state index contributed by atoms with van der Waals surface area (Å²) in [4.78, 5) is 2.37. The highest BCUT2D eigenvalue weighted by Gasteiger charge is 2.46. The minimum absolute atomic E-state index is 0.0276. The summed E-state index contributed by atoms with van der Waals surface area (Å²) in [7, 11) is 2.17. The molecule has 0 aromatic heterocycles. The zero-order chi connectivity index (χ0) is 15.2. The second kappa shape index (κ2) is 5.11. The van der Waals surface area contributed by atoms with E-state index in [9.17, 15) is 5.11 Å². The monoisotopic (exact) mass is 295 g/mol. The minimum Gasteiger partial charge on any atom is -0.508 e. The van der Waals surface area contributed by atoms with E-state index in [2.05, 4.69) is 36.2 Å². The summed E-state index contributed by atoms with van der Waals surface area (Å²) < 4.78 is 6.63. The number of phenols is 1. The number of benzene rings is 2. The maximum absolute atomic E-state index is 9.52. The molecule has 1 saturated heterocycles. The van der Waals surface area contributed by atoms with Crippen molar-refractivity contribution >= 4 is 0 Å². The van der Waals surface area contributed by atoms with Crippen LogP contribution in [-0.2, 0) is 10.3 Å². The lowest BCUT2D eigenvalue weighted by atomic mass is 9.83. The lowest BCUT2D eigenvalue weighted by Gasteiger charge is -2.38. The molecule has 2 aromatic carbocycles. The van der Waals surface area contributed by atoms with Crippen molar-refractivity contribution in [2.45, 2.75) is 24.5 Å². The van der Waals surface area contributed by atoms with Gasteiger partial charge in [0.1, 0.15) is 11.9 Å². The van der Waals surface area contributed by atoms with E-state index in [1.807, 2.05) is 12.1 Å². The molecule has 0 radical (unpaired) electrons. The molecule has 2 heterocycles. The van der Waals surface area contributed by atoms with Crippen LogP contribution >= 0.6 is 0 Å². The van der Waals surface area contributed by atoms with E-state index in [4.69, 9.17) is 4.74 Å². The van der Waals surface area contributed by atoms with Crippen molar-refractivity contribution in [2.75, 3.05) is 20.1 Å². The molecule has 0 aliphatic carbocycles. The van der Waals surface area contributed by atoms with Gasteiger partial charge in [-0.1, -0.05) is 36.4 Å². The molecule has 114 valence electrons. The Hall–Kier alpha value is -1.84. The van der Waals surface area contributed by atoms with Gasteiger partial charge in [0.25, 0.3) is 0 Å². The lowest BCUT2D eigenvalue weighted by molar-refractivity contribution is -0.0941. The summed E-state index contributed by atoms with van der Waals surface area (Å²) in [5.41, 5.74) is 3.59. The van der Waals surface area contributed by atoms with Crippen molar-refractivity contribution in [3.05, 3.63) is 65.2 Å². The quantitative estimate of drug-likeness (QED) is 0.875. The number of aromatic hydroxyl groups is 1. The second-order valence-electron chi connectivity index (χ2n) is 6.47. The molecular formula is C19H21NO2. The number of nitrogens with zero attached hydrogens (tertiary/aromatic N) is 1. The van der Waals surface area contributed by atoms with Gasteiger partial charge in [0.2, 0.25) is 0 Å². The third kappa shape index (κ3) is 2.13. The third-order valence-electron chi connectivity index (χ3n) is 5.07. The number of rotatable bonds is 1. The van der Waals surface area contributed by atoms with Crippen LogP contribution < -0.4 is 0 Å². The van der Waals surface area contributed by atoms with Gasteiger partial charge in [-0.15, -0.1) is 0 Å². The van der Waals surface area contributed by atoms with Gasteiger partial charge in [0.15, 0.2) is 0 Å². The van der Waals surface area contributed by atoms with Crippen LogP contribution in [0, 0.1) is 0 Å². The standard InChI is InChI=1S/C19H21NO2/c1-20-12-10-19(11-13-20)17-5-3-2-4-16(17)18(22-19)14-6-8-15(21)9-7-14/h2-9,18,21H,10-13H2,1H3. The fourth-order valence-corrected chi connectivity index (χ4v) is 3.76. The van der Waals surface area contributed by atoms with Crippen LogP contribution in [0.2, 0.25) is 0 Å². The Balaban J connectivity index is 1.75. The first-order chi connectivity index (χ1) is 10.7. The molecule has 1 spiro atoms. The predicted molar refractivity (Wildman–Crippen MR) is 85.9 cm³/mol. The zero-order valence-electron chi connectivity index (χ0n) is 12.8. The number of piperidine rings is 1. The number of hydrogen-bond acceptors (Lipinski definition) is 3. The van der Waals surface area contributed by atoms with Gasteiger partial charge in [-0.05, 0) is 48.7 Å². The molecule has 1 fully saturated rings. The van der Waals surface area contributed by atoms with E-state index in [0.29, 0.717) is 5.75 Å². The average molecular weight is 295 g/mol. The molecule has 0 bridgehead atoms. The van der Waals surface area contributed by atoms with Gasteiger partial charge in [0.05, 0.1) is 5.60 Å². The van der Waals surface area contributed by atoms with Gasteiger partial charge in [-0.3, -0.25) is 0 Å². The number of phenolic OH excluding ortho intramolecular Hbond substituents is 1. The Labute approximate surface area is 131 Å². The minimum atomic E-state index is -0.147. The molecule has 2 aliphatic rings. The van der Waals surface area contributed by atoms with Crippen LogP contribution in [0.25, 0.3) is 0 Å². The normalized spacial score (nSPS) is 23.6. The molecular weight excluding hydrogens is 274 g/mol. The van der Waals surface area contributed by atoms with Crippen molar-refractivity contribution in [1.82, 2.24) is 4.90 Å². The molecule has 1 N–H and O–H groups in total. The summed E-state index contributed by atoms with van der Waals surface area (Å²) in [6.45, 7) is 2.13. The van der Waals surface area contributed by atoms with Crippen molar-refractivity contribution in [3.8, 4) is 5.75 Å². The topological polar surface area (TPSA) is 32.7 Å².